The average Bonchev–Trinajstić information content (AvgIpc) is 2.93. The molecule has 2 heterocycles. The maximum absolute atomic E-state index is 13.6. The van der Waals surface area contributed by atoms with Crippen molar-refractivity contribution in [3.05, 3.63) is 100 Å². The molecule has 3 aromatic carbocycles. The highest BCUT2D eigenvalue weighted by molar-refractivity contribution is 8.04. The molecule has 4 nitrogen and oxygen atoms in total. The van der Waals surface area contributed by atoms with E-state index >= 15 is 0 Å². The quantitative estimate of drug-likeness (QED) is 0.560. The first-order valence-corrected chi connectivity index (χ1v) is 10.9. The highest BCUT2D eigenvalue weighted by atomic mass is 32.2. The van der Waals surface area contributed by atoms with E-state index < -0.39 is 6.04 Å². The number of nitrogens with one attached hydrogen (secondary N) is 1. The van der Waals surface area contributed by atoms with Crippen LogP contribution in [-0.4, -0.2) is 11.8 Å². The van der Waals surface area contributed by atoms with Gasteiger partial charge in [-0.2, -0.15) is 0 Å². The predicted molar refractivity (Wildman–Crippen MR) is 120 cm³/mol. The van der Waals surface area contributed by atoms with Crippen LogP contribution in [0.5, 0.6) is 0 Å². The number of rotatable bonds is 3. The Bertz CT molecular complexity index is 1220. The molecule has 31 heavy (non-hydrogen) atoms. The smallest absolute Gasteiger partial charge is 0.272 e. The monoisotopic (exact) mass is 430 g/mol. The standard InChI is InChI=1S/C25H19FN2O2S/c1-2-15-7-13-18(14-8-15)28-24(29)21-22(16-9-11-17(26)12-10-16)27-19-5-3-4-6-20(19)31-23(21)25(28)30/h3-14,22,27H,2H2,1H3/t22-/m0/s1. The normalized spacial score (nSPS) is 17.9. The summed E-state index contributed by atoms with van der Waals surface area (Å²) < 4.78 is 13.6. The summed E-state index contributed by atoms with van der Waals surface area (Å²) in [5.41, 5.74) is 3.61. The van der Waals surface area contributed by atoms with E-state index in [4.69, 9.17) is 0 Å². The summed E-state index contributed by atoms with van der Waals surface area (Å²) in [5, 5.41) is 3.41. The van der Waals surface area contributed by atoms with Gasteiger partial charge in [0.05, 0.1) is 22.2 Å². The van der Waals surface area contributed by atoms with Gasteiger partial charge in [-0.25, -0.2) is 9.29 Å². The summed E-state index contributed by atoms with van der Waals surface area (Å²) in [6, 6.07) is 20.5. The number of hydrogen-bond donors (Lipinski definition) is 1. The lowest BCUT2D eigenvalue weighted by atomic mass is 9.98. The Morgan fingerprint density at radius 2 is 1.65 bits per heavy atom. The van der Waals surface area contributed by atoms with Crippen molar-refractivity contribution in [2.24, 2.45) is 0 Å². The number of anilines is 2. The molecule has 0 bridgehead atoms. The summed E-state index contributed by atoms with van der Waals surface area (Å²) in [5.74, 6) is -1.04. The Hall–Kier alpha value is -3.38. The van der Waals surface area contributed by atoms with E-state index in [0.29, 0.717) is 16.2 Å². The number of hydrogen-bond acceptors (Lipinski definition) is 4. The molecule has 0 saturated heterocycles. The van der Waals surface area contributed by atoms with E-state index in [9.17, 15) is 14.0 Å². The summed E-state index contributed by atoms with van der Waals surface area (Å²) in [6.45, 7) is 2.05. The van der Waals surface area contributed by atoms with Gasteiger partial charge in [0.25, 0.3) is 11.8 Å². The lowest BCUT2D eigenvalue weighted by Gasteiger charge is -2.22. The number of carbonyl (C=O) groups excluding carboxylic acids is 2. The zero-order valence-corrected chi connectivity index (χ0v) is 17.6. The van der Waals surface area contributed by atoms with Gasteiger partial charge in [0.2, 0.25) is 0 Å². The van der Waals surface area contributed by atoms with Crippen molar-refractivity contribution in [1.82, 2.24) is 0 Å². The van der Waals surface area contributed by atoms with Gasteiger partial charge in [-0.1, -0.05) is 55.1 Å². The van der Waals surface area contributed by atoms with E-state index in [1.807, 2.05) is 36.4 Å². The first kappa shape index (κ1) is 19.6. The topological polar surface area (TPSA) is 49.4 Å². The molecule has 0 spiro atoms. The van der Waals surface area contributed by atoms with Gasteiger partial charge < -0.3 is 5.32 Å². The Labute approximate surface area is 183 Å². The minimum Gasteiger partial charge on any atom is -0.373 e. The molecular formula is C25H19FN2O2S. The van der Waals surface area contributed by atoms with Crippen molar-refractivity contribution >= 4 is 35.0 Å². The van der Waals surface area contributed by atoms with Crippen LogP contribution in [0.1, 0.15) is 24.1 Å². The minimum absolute atomic E-state index is 0.333. The van der Waals surface area contributed by atoms with E-state index in [1.165, 1.54) is 28.8 Å². The molecule has 2 aliphatic heterocycles. The predicted octanol–water partition coefficient (Wildman–Crippen LogP) is 5.47. The molecule has 2 aliphatic rings. The SMILES string of the molecule is CCc1ccc(N2C(=O)C3=C(C2=O)[C@H](c2ccc(F)cc2)Nc2ccccc2S3)cc1. The van der Waals surface area contributed by atoms with Crippen LogP contribution in [0.25, 0.3) is 0 Å². The fraction of sp³-hybridized carbons (Fsp3) is 0.120. The lowest BCUT2D eigenvalue weighted by molar-refractivity contribution is -0.120. The maximum Gasteiger partial charge on any atom is 0.272 e. The maximum atomic E-state index is 13.6. The minimum atomic E-state index is -0.567. The number of fused-ring (bicyclic) bond motifs is 1. The molecule has 0 aromatic heterocycles. The largest absolute Gasteiger partial charge is 0.373 e. The Balaban J connectivity index is 1.63. The van der Waals surface area contributed by atoms with Crippen LogP contribution in [0.3, 0.4) is 0 Å². The second kappa shape index (κ2) is 7.71. The van der Waals surface area contributed by atoms with Gasteiger partial charge in [-0.05, 0) is 53.9 Å². The molecule has 5 rings (SSSR count). The molecule has 0 radical (unpaired) electrons. The van der Waals surface area contributed by atoms with Gasteiger partial charge >= 0.3 is 0 Å². The number of halogens is 1. The van der Waals surface area contributed by atoms with Crippen LogP contribution in [-0.2, 0) is 16.0 Å². The highest BCUT2D eigenvalue weighted by Crippen LogP contribution is 2.48. The first-order chi connectivity index (χ1) is 15.1. The number of nitrogens with zero attached hydrogens (tertiary/aromatic N) is 1. The molecule has 0 saturated carbocycles. The highest BCUT2D eigenvalue weighted by Gasteiger charge is 2.45. The number of imide groups is 1. The number of thioether (sulfide) groups is 1. The van der Waals surface area contributed by atoms with Gasteiger partial charge in [0.15, 0.2) is 0 Å². The molecular weight excluding hydrogens is 411 g/mol. The third-order valence-corrected chi connectivity index (χ3v) is 6.74. The van der Waals surface area contributed by atoms with Gasteiger partial charge in [-0.15, -0.1) is 0 Å². The number of carbonyl (C=O) groups is 2. The molecule has 6 heteroatoms. The molecule has 0 unspecified atom stereocenters. The molecule has 154 valence electrons. The van der Waals surface area contributed by atoms with Gasteiger partial charge in [0, 0.05) is 10.6 Å². The summed E-state index contributed by atoms with van der Waals surface area (Å²) in [4.78, 5) is 29.5. The number of benzene rings is 3. The van der Waals surface area contributed by atoms with Crippen molar-refractivity contribution in [2.45, 2.75) is 24.3 Å². The van der Waals surface area contributed by atoms with Crippen molar-refractivity contribution in [3.8, 4) is 0 Å². The Morgan fingerprint density at radius 3 is 2.35 bits per heavy atom. The van der Waals surface area contributed by atoms with Crippen LogP contribution in [0.15, 0.2) is 88.2 Å². The second-order valence-corrected chi connectivity index (χ2v) is 8.49. The van der Waals surface area contributed by atoms with Crippen LogP contribution in [0.4, 0.5) is 15.8 Å². The lowest BCUT2D eigenvalue weighted by Crippen LogP contribution is -2.33. The van der Waals surface area contributed by atoms with Crippen LogP contribution in [0, 0.1) is 5.82 Å². The third-order valence-electron chi connectivity index (χ3n) is 5.57. The van der Waals surface area contributed by atoms with Crippen LogP contribution < -0.4 is 10.2 Å². The average molecular weight is 431 g/mol. The van der Waals surface area contributed by atoms with E-state index in [1.54, 1.807) is 24.3 Å². The summed E-state index contributed by atoms with van der Waals surface area (Å²) in [7, 11) is 0. The van der Waals surface area contributed by atoms with E-state index in [0.717, 1.165) is 28.1 Å². The molecule has 0 fully saturated rings. The fourth-order valence-corrected chi connectivity index (χ4v) is 5.01. The Kier molecular flexibility index (Phi) is 4.87. The second-order valence-electron chi connectivity index (χ2n) is 7.44. The molecule has 1 atom stereocenters. The molecule has 0 aliphatic carbocycles. The molecule has 2 amide bonds. The number of aryl methyl sites for hydroxylation is 1. The zero-order valence-electron chi connectivity index (χ0n) is 16.8. The number of amides is 2. The van der Waals surface area contributed by atoms with Crippen LogP contribution >= 0.6 is 11.8 Å². The third kappa shape index (κ3) is 3.33. The van der Waals surface area contributed by atoms with Crippen LogP contribution in [0.2, 0.25) is 0 Å². The van der Waals surface area contributed by atoms with Gasteiger partial charge in [-0.3, -0.25) is 9.59 Å². The summed E-state index contributed by atoms with van der Waals surface area (Å²) >= 11 is 1.30. The zero-order chi connectivity index (χ0) is 21.5. The van der Waals surface area contributed by atoms with Gasteiger partial charge in [0.1, 0.15) is 5.82 Å². The van der Waals surface area contributed by atoms with E-state index in [2.05, 4.69) is 12.2 Å². The van der Waals surface area contributed by atoms with Crippen molar-refractivity contribution in [1.29, 1.82) is 0 Å². The fourth-order valence-electron chi connectivity index (χ4n) is 3.91. The molecule has 3 aromatic rings. The molecule has 1 N–H and O–H groups in total. The number of para-hydroxylation sites is 1. The van der Waals surface area contributed by atoms with Crippen molar-refractivity contribution < 1.29 is 14.0 Å². The van der Waals surface area contributed by atoms with Crippen molar-refractivity contribution in [3.63, 3.8) is 0 Å². The van der Waals surface area contributed by atoms with E-state index in [-0.39, 0.29) is 17.6 Å². The van der Waals surface area contributed by atoms with Crippen molar-refractivity contribution in [2.75, 3.05) is 10.2 Å². The summed E-state index contributed by atoms with van der Waals surface area (Å²) in [6.07, 6.45) is 0.875. The first-order valence-electron chi connectivity index (χ1n) is 10.1. The Morgan fingerprint density at radius 1 is 0.935 bits per heavy atom.